The van der Waals surface area contributed by atoms with Crippen molar-refractivity contribution in [3.8, 4) is 0 Å². The zero-order chi connectivity index (χ0) is 9.68. The van der Waals surface area contributed by atoms with Crippen LogP contribution < -0.4 is 5.84 Å². The Hall–Kier alpha value is -0.200. The number of nitrogens with two attached hydrogens (primary N) is 1. The third-order valence-corrected chi connectivity index (χ3v) is 2.44. The van der Waals surface area contributed by atoms with Crippen LogP contribution in [0.2, 0.25) is 0 Å². The van der Waals surface area contributed by atoms with Gasteiger partial charge < -0.3 is 15.1 Å². The summed E-state index contributed by atoms with van der Waals surface area (Å²) in [5, 5.41) is 19.6. The Labute approximate surface area is 78.7 Å². The van der Waals surface area contributed by atoms with Gasteiger partial charge in [-0.1, -0.05) is 0 Å². The van der Waals surface area contributed by atoms with Crippen molar-refractivity contribution in [1.82, 2.24) is 9.91 Å². The van der Waals surface area contributed by atoms with E-state index >= 15 is 0 Å². The van der Waals surface area contributed by atoms with Gasteiger partial charge in [0.1, 0.15) is 0 Å². The quantitative estimate of drug-likeness (QED) is 0.450. The molecule has 4 N–H and O–H groups in total. The van der Waals surface area contributed by atoms with Gasteiger partial charge in [0.2, 0.25) is 0 Å². The van der Waals surface area contributed by atoms with Crippen molar-refractivity contribution >= 4 is 0 Å². The highest BCUT2D eigenvalue weighted by Crippen LogP contribution is 2.02. The lowest BCUT2D eigenvalue weighted by Crippen LogP contribution is -2.50. The minimum absolute atomic E-state index is 0.00988. The first-order chi connectivity index (χ1) is 6.26. The van der Waals surface area contributed by atoms with Gasteiger partial charge in [0, 0.05) is 51.9 Å². The second kappa shape index (κ2) is 5.51. The van der Waals surface area contributed by atoms with Crippen molar-refractivity contribution in [2.24, 2.45) is 11.8 Å². The van der Waals surface area contributed by atoms with Gasteiger partial charge in [-0.05, 0) is 0 Å². The molecule has 0 unspecified atom stereocenters. The van der Waals surface area contributed by atoms with Gasteiger partial charge in [0.15, 0.2) is 0 Å². The second-order valence-electron chi connectivity index (χ2n) is 3.57. The van der Waals surface area contributed by atoms with E-state index in [0.29, 0.717) is 0 Å². The molecule has 0 aromatic carbocycles. The number of rotatable bonds is 4. The molecule has 1 heterocycles. The van der Waals surface area contributed by atoms with Gasteiger partial charge in [-0.15, -0.1) is 0 Å². The first-order valence-electron chi connectivity index (χ1n) is 4.70. The number of aliphatic hydroxyl groups is 2. The third kappa shape index (κ3) is 3.58. The number of hydrogen-bond donors (Lipinski definition) is 3. The van der Waals surface area contributed by atoms with Gasteiger partial charge in [0.05, 0.1) is 0 Å². The molecule has 1 fully saturated rings. The van der Waals surface area contributed by atoms with E-state index in [-0.39, 0.29) is 19.1 Å². The summed E-state index contributed by atoms with van der Waals surface area (Å²) in [6.45, 7) is 4.45. The molecule has 5 heteroatoms. The number of nitrogens with zero attached hydrogens (tertiary/aromatic N) is 2. The van der Waals surface area contributed by atoms with Gasteiger partial charge >= 0.3 is 0 Å². The third-order valence-electron chi connectivity index (χ3n) is 2.44. The second-order valence-corrected chi connectivity index (χ2v) is 3.57. The molecule has 0 aliphatic carbocycles. The van der Waals surface area contributed by atoms with Crippen molar-refractivity contribution in [2.45, 2.75) is 0 Å². The monoisotopic (exact) mass is 189 g/mol. The molecule has 0 amide bonds. The fraction of sp³-hybridized carbons (Fsp3) is 1.00. The summed E-state index contributed by atoms with van der Waals surface area (Å²) in [6, 6.07) is 0. The number of piperazine rings is 1. The molecule has 0 bridgehead atoms. The van der Waals surface area contributed by atoms with E-state index in [1.54, 1.807) is 5.01 Å². The summed E-state index contributed by atoms with van der Waals surface area (Å²) < 4.78 is 0. The van der Waals surface area contributed by atoms with E-state index in [1.165, 1.54) is 0 Å². The van der Waals surface area contributed by atoms with E-state index in [4.69, 9.17) is 16.1 Å². The highest BCUT2D eigenvalue weighted by atomic mass is 16.3. The van der Waals surface area contributed by atoms with Crippen LogP contribution in [0.25, 0.3) is 0 Å². The van der Waals surface area contributed by atoms with E-state index in [2.05, 4.69) is 4.90 Å². The predicted molar refractivity (Wildman–Crippen MR) is 49.9 cm³/mol. The molecule has 0 atom stereocenters. The van der Waals surface area contributed by atoms with Crippen molar-refractivity contribution in [1.29, 1.82) is 0 Å². The fourth-order valence-corrected chi connectivity index (χ4v) is 1.48. The molecule has 78 valence electrons. The standard InChI is InChI=1S/C8H19N3O2/c9-11-3-1-10(2-4-11)5-8(6-12)7-13/h8,12-13H,1-7,9H2. The molecule has 1 rings (SSSR count). The maximum atomic E-state index is 8.89. The van der Waals surface area contributed by atoms with Gasteiger partial charge in [-0.25, -0.2) is 5.01 Å². The average molecular weight is 189 g/mol. The van der Waals surface area contributed by atoms with Crippen LogP contribution in [0, 0.1) is 5.92 Å². The van der Waals surface area contributed by atoms with Crippen LogP contribution in [-0.2, 0) is 0 Å². The Morgan fingerprint density at radius 3 is 2.08 bits per heavy atom. The summed E-state index contributed by atoms with van der Waals surface area (Å²) in [5.74, 6) is 5.59. The molecule has 0 aromatic rings. The molecular weight excluding hydrogens is 170 g/mol. The van der Waals surface area contributed by atoms with Crippen molar-refractivity contribution in [3.05, 3.63) is 0 Å². The van der Waals surface area contributed by atoms with E-state index < -0.39 is 0 Å². The van der Waals surface area contributed by atoms with E-state index in [1.807, 2.05) is 0 Å². The zero-order valence-corrected chi connectivity index (χ0v) is 7.89. The normalized spacial score (nSPS) is 21.2. The molecule has 13 heavy (non-hydrogen) atoms. The summed E-state index contributed by atoms with van der Waals surface area (Å²) in [4.78, 5) is 2.22. The summed E-state index contributed by atoms with van der Waals surface area (Å²) in [6.07, 6.45) is 0. The van der Waals surface area contributed by atoms with Gasteiger partial charge in [-0.3, -0.25) is 5.84 Å². The lowest BCUT2D eigenvalue weighted by molar-refractivity contribution is 0.0765. The van der Waals surface area contributed by atoms with Gasteiger partial charge in [-0.2, -0.15) is 0 Å². The fourth-order valence-electron chi connectivity index (χ4n) is 1.48. The molecule has 0 spiro atoms. The number of hydrazine groups is 1. The first-order valence-corrected chi connectivity index (χ1v) is 4.70. The van der Waals surface area contributed by atoms with E-state index in [0.717, 1.165) is 32.7 Å². The molecule has 0 aromatic heterocycles. The Kier molecular flexibility index (Phi) is 4.61. The minimum Gasteiger partial charge on any atom is -0.396 e. The van der Waals surface area contributed by atoms with Crippen LogP contribution >= 0.6 is 0 Å². The Morgan fingerprint density at radius 1 is 1.08 bits per heavy atom. The maximum absolute atomic E-state index is 8.89. The average Bonchev–Trinajstić information content (AvgIpc) is 2.17. The van der Waals surface area contributed by atoms with Crippen molar-refractivity contribution < 1.29 is 10.2 Å². The van der Waals surface area contributed by atoms with Crippen LogP contribution in [-0.4, -0.2) is 66.1 Å². The van der Waals surface area contributed by atoms with Crippen LogP contribution in [0.4, 0.5) is 0 Å². The lowest BCUT2D eigenvalue weighted by atomic mass is 10.1. The predicted octanol–water partition coefficient (Wildman–Crippen LogP) is -1.92. The SMILES string of the molecule is NN1CCN(CC(CO)CO)CC1. The van der Waals surface area contributed by atoms with Crippen LogP contribution in [0.15, 0.2) is 0 Å². The largest absolute Gasteiger partial charge is 0.396 e. The number of hydrogen-bond acceptors (Lipinski definition) is 5. The van der Waals surface area contributed by atoms with E-state index in [9.17, 15) is 0 Å². The molecule has 0 radical (unpaired) electrons. The van der Waals surface area contributed by atoms with Crippen LogP contribution in [0.5, 0.6) is 0 Å². The highest BCUT2D eigenvalue weighted by molar-refractivity contribution is 4.71. The Morgan fingerprint density at radius 2 is 1.62 bits per heavy atom. The highest BCUT2D eigenvalue weighted by Gasteiger charge is 2.17. The van der Waals surface area contributed by atoms with Gasteiger partial charge in [0.25, 0.3) is 0 Å². The Balaban J connectivity index is 2.21. The van der Waals surface area contributed by atoms with Crippen LogP contribution in [0.1, 0.15) is 0 Å². The van der Waals surface area contributed by atoms with Crippen molar-refractivity contribution in [2.75, 3.05) is 45.9 Å². The topological polar surface area (TPSA) is 73.0 Å². The summed E-state index contributed by atoms with van der Waals surface area (Å²) in [5.41, 5.74) is 0. The minimum atomic E-state index is -0.00988. The maximum Gasteiger partial charge on any atom is 0.0493 e. The van der Waals surface area contributed by atoms with Crippen molar-refractivity contribution in [3.63, 3.8) is 0 Å². The molecular formula is C8H19N3O2. The molecule has 1 saturated heterocycles. The first kappa shape index (κ1) is 10.9. The summed E-state index contributed by atoms with van der Waals surface area (Å²) in [7, 11) is 0. The Bertz CT molecular complexity index is 133. The van der Waals surface area contributed by atoms with Crippen LogP contribution in [0.3, 0.4) is 0 Å². The lowest BCUT2D eigenvalue weighted by Gasteiger charge is -2.33. The molecule has 0 saturated carbocycles. The zero-order valence-electron chi connectivity index (χ0n) is 7.89. The molecule has 5 nitrogen and oxygen atoms in total. The number of aliphatic hydroxyl groups excluding tert-OH is 2. The summed E-state index contributed by atoms with van der Waals surface area (Å²) >= 11 is 0. The molecule has 1 aliphatic rings. The molecule has 1 aliphatic heterocycles. The smallest absolute Gasteiger partial charge is 0.0493 e.